The van der Waals surface area contributed by atoms with Crippen LogP contribution < -0.4 is 5.73 Å². The summed E-state index contributed by atoms with van der Waals surface area (Å²) >= 11 is 0. The summed E-state index contributed by atoms with van der Waals surface area (Å²) in [4.78, 5) is 21.1. The van der Waals surface area contributed by atoms with Gasteiger partial charge in [-0.2, -0.15) is 5.10 Å². The van der Waals surface area contributed by atoms with Crippen molar-refractivity contribution in [1.29, 1.82) is 0 Å². The van der Waals surface area contributed by atoms with E-state index in [9.17, 15) is 13.2 Å². The van der Waals surface area contributed by atoms with E-state index >= 15 is 0 Å². The molecule has 2 fully saturated rings. The number of pyridine rings is 1. The Morgan fingerprint density at radius 2 is 2.04 bits per heavy atom. The predicted molar refractivity (Wildman–Crippen MR) is 104 cm³/mol. The topological polar surface area (TPSA) is 114 Å². The third-order valence-electron chi connectivity index (χ3n) is 5.42. The van der Waals surface area contributed by atoms with Crippen molar-refractivity contribution in [2.24, 2.45) is 0 Å². The van der Waals surface area contributed by atoms with E-state index in [0.29, 0.717) is 25.5 Å². The summed E-state index contributed by atoms with van der Waals surface area (Å²) < 4.78 is 26.2. The lowest BCUT2D eigenvalue weighted by molar-refractivity contribution is -0.138. The van der Waals surface area contributed by atoms with Crippen LogP contribution in [0, 0.1) is 6.92 Å². The molecule has 150 valence electrons. The summed E-state index contributed by atoms with van der Waals surface area (Å²) in [5.41, 5.74) is 7.53. The fourth-order valence-corrected chi connectivity index (χ4v) is 6.15. The molecular formula is C18H24N6O3S. The van der Waals surface area contributed by atoms with Crippen LogP contribution in [0.5, 0.6) is 0 Å². The average molecular weight is 404 g/mol. The number of aromatic nitrogens is 3. The van der Waals surface area contributed by atoms with Gasteiger partial charge < -0.3 is 10.6 Å². The van der Waals surface area contributed by atoms with Gasteiger partial charge in [-0.25, -0.2) is 13.1 Å². The van der Waals surface area contributed by atoms with Gasteiger partial charge >= 0.3 is 0 Å². The molecule has 2 aromatic heterocycles. The Morgan fingerprint density at radius 1 is 1.25 bits per heavy atom. The highest BCUT2D eigenvalue weighted by Gasteiger charge is 2.48. The molecule has 0 unspecified atom stereocenters. The summed E-state index contributed by atoms with van der Waals surface area (Å²) in [5, 5.41) is 4.24. The minimum absolute atomic E-state index is 0.00422. The minimum Gasteiger partial charge on any atom is -0.384 e. The number of hydrogen-bond donors (Lipinski definition) is 1. The van der Waals surface area contributed by atoms with Gasteiger partial charge in [0.25, 0.3) is 0 Å². The Kier molecular flexibility index (Phi) is 4.84. The number of hydrogen-bond acceptors (Lipinski definition) is 7. The average Bonchev–Trinajstić information content (AvgIpc) is 3.13. The van der Waals surface area contributed by atoms with Crippen LogP contribution in [0.4, 0.5) is 5.82 Å². The summed E-state index contributed by atoms with van der Waals surface area (Å²) in [6.45, 7) is 3.48. The van der Waals surface area contributed by atoms with Gasteiger partial charge in [-0.3, -0.25) is 14.7 Å². The number of sulfone groups is 1. The molecule has 1 amide bonds. The zero-order valence-corrected chi connectivity index (χ0v) is 16.5. The van der Waals surface area contributed by atoms with Crippen LogP contribution in [0.15, 0.2) is 30.5 Å². The zero-order chi connectivity index (χ0) is 19.9. The first-order chi connectivity index (χ1) is 13.3. The van der Waals surface area contributed by atoms with Crippen molar-refractivity contribution in [2.75, 3.05) is 30.3 Å². The van der Waals surface area contributed by atoms with Crippen molar-refractivity contribution in [3.8, 4) is 0 Å². The smallest absolute Gasteiger partial charge is 0.244 e. The van der Waals surface area contributed by atoms with Crippen LogP contribution in [0.1, 0.15) is 11.4 Å². The molecule has 0 saturated carbocycles. The highest BCUT2D eigenvalue weighted by Crippen LogP contribution is 2.28. The van der Waals surface area contributed by atoms with E-state index in [1.807, 2.05) is 25.1 Å². The lowest BCUT2D eigenvalue weighted by atomic mass is 10.0. The standard InChI is InChI=1S/C18H24N6O3S/c1-13-8-17(19)24(21-13)10-18(25)23-7-6-22(9-14-4-2-3-5-20-14)15-11-28(26,27)12-16(15)23/h2-5,8,15-16H,6-7,9-12,19H2,1H3/t15-,16+/m1/s1. The van der Waals surface area contributed by atoms with Gasteiger partial charge in [-0.15, -0.1) is 0 Å². The van der Waals surface area contributed by atoms with Crippen molar-refractivity contribution < 1.29 is 13.2 Å². The maximum atomic E-state index is 12.9. The molecular weight excluding hydrogens is 380 g/mol. The van der Waals surface area contributed by atoms with Crippen LogP contribution in [0.3, 0.4) is 0 Å². The van der Waals surface area contributed by atoms with E-state index in [2.05, 4.69) is 15.0 Å². The maximum absolute atomic E-state index is 12.9. The Morgan fingerprint density at radius 3 is 2.71 bits per heavy atom. The molecule has 0 radical (unpaired) electrons. The van der Waals surface area contributed by atoms with Crippen molar-refractivity contribution in [2.45, 2.75) is 32.1 Å². The molecule has 2 N–H and O–H groups in total. The molecule has 0 bridgehead atoms. The lowest BCUT2D eigenvalue weighted by Gasteiger charge is -2.43. The molecule has 2 aliphatic heterocycles. The third kappa shape index (κ3) is 3.74. The van der Waals surface area contributed by atoms with Crippen molar-refractivity contribution in [3.63, 3.8) is 0 Å². The van der Waals surface area contributed by atoms with Crippen LogP contribution in [-0.4, -0.2) is 75.6 Å². The van der Waals surface area contributed by atoms with E-state index in [4.69, 9.17) is 5.73 Å². The second kappa shape index (κ2) is 7.17. The first-order valence-corrected chi connectivity index (χ1v) is 11.1. The molecule has 28 heavy (non-hydrogen) atoms. The largest absolute Gasteiger partial charge is 0.384 e. The fraction of sp³-hybridized carbons (Fsp3) is 0.500. The predicted octanol–water partition coefficient (Wildman–Crippen LogP) is -0.321. The Bertz CT molecular complexity index is 974. The molecule has 4 heterocycles. The number of nitrogens with zero attached hydrogens (tertiary/aromatic N) is 5. The Hall–Kier alpha value is -2.46. The number of aryl methyl sites for hydroxylation is 1. The summed E-state index contributed by atoms with van der Waals surface area (Å²) in [6.07, 6.45) is 1.73. The summed E-state index contributed by atoms with van der Waals surface area (Å²) in [6, 6.07) is 6.83. The van der Waals surface area contributed by atoms with Crippen LogP contribution in [-0.2, 0) is 27.7 Å². The third-order valence-corrected chi connectivity index (χ3v) is 7.12. The molecule has 4 rings (SSSR count). The molecule has 2 saturated heterocycles. The van der Waals surface area contributed by atoms with E-state index < -0.39 is 9.84 Å². The first-order valence-electron chi connectivity index (χ1n) is 9.26. The summed E-state index contributed by atoms with van der Waals surface area (Å²) in [7, 11) is -3.20. The number of fused-ring (bicyclic) bond motifs is 1. The molecule has 0 spiro atoms. The van der Waals surface area contributed by atoms with Crippen molar-refractivity contribution in [3.05, 3.63) is 41.9 Å². The molecule has 0 aromatic carbocycles. The Labute approximate surface area is 164 Å². The number of anilines is 1. The van der Waals surface area contributed by atoms with E-state index in [1.165, 1.54) is 4.68 Å². The van der Waals surface area contributed by atoms with Crippen molar-refractivity contribution >= 4 is 21.6 Å². The van der Waals surface area contributed by atoms with Crippen LogP contribution >= 0.6 is 0 Å². The van der Waals surface area contributed by atoms with Gasteiger partial charge in [-0.05, 0) is 19.1 Å². The summed E-state index contributed by atoms with van der Waals surface area (Å²) in [5.74, 6) is 0.335. The minimum atomic E-state index is -3.20. The number of piperazine rings is 1. The van der Waals surface area contributed by atoms with E-state index in [1.54, 1.807) is 17.2 Å². The monoisotopic (exact) mass is 404 g/mol. The van der Waals surface area contributed by atoms with Gasteiger partial charge in [0.15, 0.2) is 9.84 Å². The first kappa shape index (κ1) is 18.9. The highest BCUT2D eigenvalue weighted by atomic mass is 32.2. The quantitative estimate of drug-likeness (QED) is 0.743. The normalized spacial score (nSPS) is 24.2. The number of rotatable bonds is 4. The fourth-order valence-electron chi connectivity index (χ4n) is 4.14. The van der Waals surface area contributed by atoms with Gasteiger partial charge in [0, 0.05) is 37.9 Å². The number of nitrogens with two attached hydrogens (primary N) is 1. The van der Waals surface area contributed by atoms with E-state index in [-0.39, 0.29) is 36.0 Å². The van der Waals surface area contributed by atoms with Crippen molar-refractivity contribution in [1.82, 2.24) is 24.6 Å². The van der Waals surface area contributed by atoms with Gasteiger partial charge in [0.1, 0.15) is 12.4 Å². The molecule has 9 nitrogen and oxygen atoms in total. The van der Waals surface area contributed by atoms with Crippen LogP contribution in [0.2, 0.25) is 0 Å². The number of amides is 1. The molecule has 2 aliphatic rings. The van der Waals surface area contributed by atoms with Gasteiger partial charge in [-0.1, -0.05) is 6.07 Å². The molecule has 0 aliphatic carbocycles. The zero-order valence-electron chi connectivity index (χ0n) is 15.7. The number of carbonyl (C=O) groups excluding carboxylic acids is 1. The molecule has 10 heteroatoms. The Balaban J connectivity index is 1.53. The number of carbonyl (C=O) groups is 1. The van der Waals surface area contributed by atoms with Gasteiger partial charge in [0.05, 0.1) is 28.9 Å². The second-order valence-electron chi connectivity index (χ2n) is 7.46. The lowest BCUT2D eigenvalue weighted by Crippen LogP contribution is -2.60. The van der Waals surface area contributed by atoms with E-state index in [0.717, 1.165) is 11.4 Å². The molecule has 2 atom stereocenters. The number of nitrogen functional groups attached to an aromatic ring is 1. The maximum Gasteiger partial charge on any atom is 0.244 e. The van der Waals surface area contributed by atoms with Crippen LogP contribution in [0.25, 0.3) is 0 Å². The highest BCUT2D eigenvalue weighted by molar-refractivity contribution is 7.91. The molecule has 2 aromatic rings. The van der Waals surface area contributed by atoms with Gasteiger partial charge in [0.2, 0.25) is 5.91 Å². The SMILES string of the molecule is Cc1cc(N)n(CC(=O)N2CCN(Cc3ccccn3)[C@@H]3CS(=O)(=O)C[C@@H]32)n1. The second-order valence-corrected chi connectivity index (χ2v) is 9.61.